The van der Waals surface area contributed by atoms with Crippen molar-refractivity contribution in [2.75, 3.05) is 44.7 Å². The Balaban J connectivity index is 1.61. The molecule has 1 amide bonds. The molecule has 186 valence electrons. The van der Waals surface area contributed by atoms with E-state index in [0.29, 0.717) is 26.2 Å². The van der Waals surface area contributed by atoms with Gasteiger partial charge in [0.25, 0.3) is 5.91 Å². The zero-order valence-corrected chi connectivity index (χ0v) is 20.9. The quantitative estimate of drug-likeness (QED) is 0.360. The van der Waals surface area contributed by atoms with E-state index in [1.54, 1.807) is 7.05 Å². The largest absolute Gasteiger partial charge is 0.365 e. The molecule has 2 heterocycles. The van der Waals surface area contributed by atoms with Gasteiger partial charge in [0.05, 0.1) is 30.8 Å². The number of hydrogen-bond acceptors (Lipinski definition) is 5. The van der Waals surface area contributed by atoms with Crippen LogP contribution in [0.25, 0.3) is 10.8 Å². The third-order valence-electron chi connectivity index (χ3n) is 7.03. The van der Waals surface area contributed by atoms with Gasteiger partial charge in [-0.2, -0.15) is 5.26 Å². The number of anilines is 1. The Morgan fingerprint density at radius 2 is 1.97 bits per heavy atom. The normalized spacial score (nSPS) is 18.9. The summed E-state index contributed by atoms with van der Waals surface area (Å²) in [6, 6.07) is 14.4. The fraction of sp³-hybridized carbons (Fsp3) is 0.357. The predicted molar refractivity (Wildman–Crippen MR) is 143 cm³/mol. The molecule has 36 heavy (non-hydrogen) atoms. The lowest BCUT2D eigenvalue weighted by Crippen LogP contribution is -2.57. The molecule has 0 radical (unpaired) electrons. The van der Waals surface area contributed by atoms with Crippen LogP contribution in [0.1, 0.15) is 18.4 Å². The van der Waals surface area contributed by atoms with E-state index < -0.39 is 17.8 Å². The first-order valence-electron chi connectivity index (χ1n) is 12.1. The van der Waals surface area contributed by atoms with Gasteiger partial charge in [-0.25, -0.2) is 4.39 Å². The monoisotopic (exact) mass is 486 g/mol. The van der Waals surface area contributed by atoms with Crippen LogP contribution in [-0.4, -0.2) is 74.1 Å². The maximum atomic E-state index is 13.6. The van der Waals surface area contributed by atoms with Gasteiger partial charge in [0.15, 0.2) is 5.83 Å². The molecule has 0 spiro atoms. The predicted octanol–water partition coefficient (Wildman–Crippen LogP) is 4.25. The van der Waals surface area contributed by atoms with Crippen LogP contribution in [-0.2, 0) is 4.79 Å². The number of aryl methyl sites for hydroxylation is 1. The number of halogens is 1. The first-order valence-corrected chi connectivity index (χ1v) is 12.1. The van der Waals surface area contributed by atoms with Crippen molar-refractivity contribution >= 4 is 34.9 Å². The number of rotatable bonds is 5. The zero-order chi connectivity index (χ0) is 25.8. The first kappa shape index (κ1) is 25.1. The molecule has 1 atom stereocenters. The van der Waals surface area contributed by atoms with Crippen LogP contribution < -0.4 is 4.90 Å². The van der Waals surface area contributed by atoms with Crippen molar-refractivity contribution in [1.29, 1.82) is 5.26 Å². The number of aliphatic imine (C=N–C) groups is 2. The molecule has 8 heteroatoms. The van der Waals surface area contributed by atoms with Gasteiger partial charge in [-0.15, -0.1) is 0 Å². The lowest BCUT2D eigenvalue weighted by atomic mass is 9.98. The van der Waals surface area contributed by atoms with Gasteiger partial charge in [-0.05, 0) is 37.1 Å². The Hall–Kier alpha value is -3.99. The molecule has 0 N–H and O–H groups in total. The summed E-state index contributed by atoms with van der Waals surface area (Å²) in [5, 5.41) is 11.8. The summed E-state index contributed by atoms with van der Waals surface area (Å²) in [6.45, 7) is 11.7. The SMILES string of the molecule is C=NC1=C(/C(=N\C)N2CCN(C(=O)C(=C)F)C(CC#N)C2)CCN(c2cccc3cccc(C)c23)C1. The molecule has 7 nitrogen and oxygen atoms in total. The number of fused-ring (bicyclic) bond motifs is 1. The number of nitriles is 1. The lowest BCUT2D eigenvalue weighted by molar-refractivity contribution is -0.132. The lowest BCUT2D eigenvalue weighted by Gasteiger charge is -2.43. The standard InChI is InChI=1S/C28H31FN6O/c1-19-7-5-8-21-9-6-10-25(26(19)21)33-14-12-23(24(18-33)31-3)27(32-4)34-15-16-35(28(36)20(2)29)22(17-34)11-13-30/h5-10,22H,2-3,11-12,14-18H2,1,4H3/b32-27+. The fourth-order valence-corrected chi connectivity index (χ4v) is 5.33. The Morgan fingerprint density at radius 3 is 2.64 bits per heavy atom. The van der Waals surface area contributed by atoms with Gasteiger partial charge in [-0.1, -0.05) is 36.9 Å². The van der Waals surface area contributed by atoms with Crippen molar-refractivity contribution in [2.24, 2.45) is 9.98 Å². The molecule has 2 aliphatic rings. The van der Waals surface area contributed by atoms with E-state index in [2.05, 4.69) is 82.5 Å². The Kier molecular flexibility index (Phi) is 7.49. The van der Waals surface area contributed by atoms with Crippen molar-refractivity contribution in [3.63, 3.8) is 0 Å². The van der Waals surface area contributed by atoms with Gasteiger partial charge in [0.1, 0.15) is 5.84 Å². The summed E-state index contributed by atoms with van der Waals surface area (Å²) in [7, 11) is 1.74. The van der Waals surface area contributed by atoms with Crippen LogP contribution in [0.15, 0.2) is 70.1 Å². The van der Waals surface area contributed by atoms with E-state index in [1.165, 1.54) is 26.9 Å². The third kappa shape index (κ3) is 4.74. The molecule has 2 aromatic carbocycles. The molecule has 2 aliphatic heterocycles. The average Bonchev–Trinajstić information content (AvgIpc) is 2.89. The van der Waals surface area contributed by atoms with Crippen LogP contribution in [0, 0.1) is 18.3 Å². The van der Waals surface area contributed by atoms with Gasteiger partial charge in [0, 0.05) is 49.9 Å². The highest BCUT2D eigenvalue weighted by molar-refractivity contribution is 6.01. The van der Waals surface area contributed by atoms with Crippen molar-refractivity contribution in [1.82, 2.24) is 9.80 Å². The minimum absolute atomic E-state index is 0.104. The zero-order valence-electron chi connectivity index (χ0n) is 20.9. The van der Waals surface area contributed by atoms with Crippen LogP contribution in [0.4, 0.5) is 10.1 Å². The molecular formula is C28H31FN6O. The second-order valence-electron chi connectivity index (χ2n) is 9.12. The summed E-state index contributed by atoms with van der Waals surface area (Å²) in [6.07, 6.45) is 0.832. The molecule has 4 rings (SSSR count). The highest BCUT2D eigenvalue weighted by Gasteiger charge is 2.34. The van der Waals surface area contributed by atoms with Gasteiger partial charge in [0.2, 0.25) is 0 Å². The second kappa shape index (κ2) is 10.7. The summed E-state index contributed by atoms with van der Waals surface area (Å²) in [5.74, 6) is -0.968. The van der Waals surface area contributed by atoms with Crippen LogP contribution in [0.5, 0.6) is 0 Å². The molecule has 1 saturated heterocycles. The molecule has 0 aliphatic carbocycles. The summed E-state index contributed by atoms with van der Waals surface area (Å²) < 4.78 is 13.6. The number of benzene rings is 2. The highest BCUT2D eigenvalue weighted by Crippen LogP contribution is 2.33. The molecule has 1 unspecified atom stereocenters. The van der Waals surface area contributed by atoms with Crippen LogP contribution in [0.3, 0.4) is 0 Å². The number of nitrogens with zero attached hydrogens (tertiary/aromatic N) is 6. The minimum Gasteiger partial charge on any atom is -0.365 e. The Morgan fingerprint density at radius 1 is 1.22 bits per heavy atom. The summed E-state index contributed by atoms with van der Waals surface area (Å²) in [5.41, 5.74) is 4.29. The van der Waals surface area contributed by atoms with Crippen molar-refractivity contribution in [2.45, 2.75) is 25.8 Å². The van der Waals surface area contributed by atoms with E-state index >= 15 is 0 Å². The molecule has 1 fully saturated rings. The number of carbonyl (C=O) groups excluding carboxylic acids is 1. The summed E-state index contributed by atoms with van der Waals surface area (Å²) >= 11 is 0. The second-order valence-corrected chi connectivity index (χ2v) is 9.12. The van der Waals surface area contributed by atoms with Crippen molar-refractivity contribution < 1.29 is 9.18 Å². The van der Waals surface area contributed by atoms with E-state index in [1.807, 2.05) is 0 Å². The number of amidine groups is 1. The van der Waals surface area contributed by atoms with Gasteiger partial charge < -0.3 is 14.7 Å². The summed E-state index contributed by atoms with van der Waals surface area (Å²) in [4.78, 5) is 27.1. The number of amides is 1. The maximum Gasteiger partial charge on any atom is 0.282 e. The molecular weight excluding hydrogens is 455 g/mol. The number of hydrogen-bond donors (Lipinski definition) is 0. The van der Waals surface area contributed by atoms with E-state index in [9.17, 15) is 14.4 Å². The van der Waals surface area contributed by atoms with Crippen LogP contribution >= 0.6 is 0 Å². The van der Waals surface area contributed by atoms with Gasteiger partial charge >= 0.3 is 0 Å². The Bertz CT molecular complexity index is 1300. The average molecular weight is 487 g/mol. The number of piperazine rings is 1. The number of carbonyl (C=O) groups is 1. The maximum absolute atomic E-state index is 13.6. The molecule has 2 aromatic rings. The van der Waals surface area contributed by atoms with Crippen molar-refractivity contribution in [3.05, 3.63) is 65.6 Å². The van der Waals surface area contributed by atoms with E-state index in [-0.39, 0.29) is 6.42 Å². The van der Waals surface area contributed by atoms with Crippen LogP contribution in [0.2, 0.25) is 0 Å². The topological polar surface area (TPSA) is 75.3 Å². The molecule has 0 aromatic heterocycles. The fourth-order valence-electron chi connectivity index (χ4n) is 5.33. The molecule has 0 bridgehead atoms. The highest BCUT2D eigenvalue weighted by atomic mass is 19.1. The van der Waals surface area contributed by atoms with E-state index in [0.717, 1.165) is 30.1 Å². The smallest absolute Gasteiger partial charge is 0.282 e. The van der Waals surface area contributed by atoms with E-state index in [4.69, 9.17) is 0 Å². The van der Waals surface area contributed by atoms with Gasteiger partial charge in [-0.3, -0.25) is 14.8 Å². The first-order chi connectivity index (χ1) is 17.4. The minimum atomic E-state index is -1.01. The Labute approximate surface area is 211 Å². The third-order valence-corrected chi connectivity index (χ3v) is 7.03. The molecule has 0 saturated carbocycles. The van der Waals surface area contributed by atoms with Crippen molar-refractivity contribution in [3.8, 4) is 6.07 Å².